The number of hydrogen-bond donors (Lipinski definition) is 1. The summed E-state index contributed by atoms with van der Waals surface area (Å²) in [5.41, 5.74) is 8.44. The Morgan fingerprint density at radius 1 is 0.955 bits per heavy atom. The van der Waals surface area contributed by atoms with E-state index in [1.165, 1.54) is 5.56 Å². The first-order valence-electron chi connectivity index (χ1n) is 7.31. The largest absolute Gasteiger partial charge is 0.494 e. The molecule has 0 amide bonds. The highest BCUT2D eigenvalue weighted by atomic mass is 16.5. The van der Waals surface area contributed by atoms with E-state index in [9.17, 15) is 0 Å². The Kier molecular flexibility index (Phi) is 5.67. The van der Waals surface area contributed by atoms with E-state index in [0.717, 1.165) is 17.7 Å². The van der Waals surface area contributed by atoms with Gasteiger partial charge in [0.25, 0.3) is 0 Å². The monoisotopic (exact) mass is 301 g/mol. The number of benzene rings is 2. The normalized spacial score (nSPS) is 11.8. The topological polar surface area (TPSA) is 53.7 Å². The molecular weight excluding hydrogens is 278 g/mol. The zero-order valence-corrected chi connectivity index (χ0v) is 13.3. The predicted octanol–water partition coefficient (Wildman–Crippen LogP) is 3.48. The minimum atomic E-state index is -0.106. The lowest BCUT2D eigenvalue weighted by Gasteiger charge is -2.15. The Morgan fingerprint density at radius 3 is 2.27 bits per heavy atom. The van der Waals surface area contributed by atoms with Crippen molar-refractivity contribution in [2.24, 2.45) is 5.73 Å². The van der Waals surface area contributed by atoms with Gasteiger partial charge in [0.05, 0.1) is 20.8 Å². The van der Waals surface area contributed by atoms with Crippen LogP contribution in [0.25, 0.3) is 0 Å². The molecule has 0 saturated carbocycles. The molecule has 22 heavy (non-hydrogen) atoms. The van der Waals surface area contributed by atoms with E-state index < -0.39 is 0 Å². The van der Waals surface area contributed by atoms with Gasteiger partial charge in [-0.15, -0.1) is 0 Å². The van der Waals surface area contributed by atoms with Crippen LogP contribution >= 0.6 is 0 Å². The van der Waals surface area contributed by atoms with Crippen LogP contribution in [0.1, 0.15) is 23.6 Å². The van der Waals surface area contributed by atoms with Gasteiger partial charge < -0.3 is 19.9 Å². The van der Waals surface area contributed by atoms with Gasteiger partial charge in [-0.3, -0.25) is 0 Å². The molecule has 0 saturated heterocycles. The van der Waals surface area contributed by atoms with Crippen molar-refractivity contribution in [3.63, 3.8) is 0 Å². The second-order valence-electron chi connectivity index (χ2n) is 5.17. The lowest BCUT2D eigenvalue weighted by Crippen LogP contribution is -2.14. The maximum absolute atomic E-state index is 6.22. The van der Waals surface area contributed by atoms with Gasteiger partial charge in [0, 0.05) is 12.5 Å². The first-order valence-corrected chi connectivity index (χ1v) is 7.31. The van der Waals surface area contributed by atoms with Crippen molar-refractivity contribution < 1.29 is 14.2 Å². The van der Waals surface area contributed by atoms with E-state index in [4.69, 9.17) is 19.9 Å². The van der Waals surface area contributed by atoms with E-state index in [1.807, 2.05) is 42.5 Å². The van der Waals surface area contributed by atoms with E-state index in [-0.39, 0.29) is 6.04 Å². The molecule has 0 bridgehead atoms. The Hall–Kier alpha value is -2.20. The number of rotatable bonds is 7. The second-order valence-corrected chi connectivity index (χ2v) is 5.17. The zero-order valence-electron chi connectivity index (χ0n) is 13.3. The molecule has 1 unspecified atom stereocenters. The van der Waals surface area contributed by atoms with Crippen molar-refractivity contribution in [1.82, 2.24) is 0 Å². The Labute approximate surface area is 131 Å². The molecule has 2 N–H and O–H groups in total. The minimum Gasteiger partial charge on any atom is -0.494 e. The van der Waals surface area contributed by atoms with Crippen LogP contribution in [0.5, 0.6) is 17.2 Å². The van der Waals surface area contributed by atoms with E-state index >= 15 is 0 Å². The van der Waals surface area contributed by atoms with E-state index in [1.54, 1.807) is 14.2 Å². The number of aryl methyl sites for hydroxylation is 1. The summed E-state index contributed by atoms with van der Waals surface area (Å²) >= 11 is 0. The van der Waals surface area contributed by atoms with Crippen LogP contribution < -0.4 is 19.9 Å². The minimum absolute atomic E-state index is 0.106. The SMILES string of the molecule is COc1ccc(C(N)CCOc2ccc(C)cc2)cc1OC. The Bertz CT molecular complexity index is 596. The molecule has 2 rings (SSSR count). The average molecular weight is 301 g/mol. The van der Waals surface area contributed by atoms with Crippen LogP contribution in [0.3, 0.4) is 0 Å². The third-order valence-electron chi connectivity index (χ3n) is 3.55. The molecule has 0 fully saturated rings. The second kappa shape index (κ2) is 7.71. The predicted molar refractivity (Wildman–Crippen MR) is 87.8 cm³/mol. The lowest BCUT2D eigenvalue weighted by atomic mass is 10.0. The highest BCUT2D eigenvalue weighted by Gasteiger charge is 2.10. The van der Waals surface area contributed by atoms with Gasteiger partial charge in [-0.05, 0) is 36.8 Å². The molecule has 0 aliphatic rings. The standard InChI is InChI=1S/C18H23NO3/c1-13-4-7-15(8-5-13)22-11-10-16(19)14-6-9-17(20-2)18(12-14)21-3/h4-9,12,16H,10-11,19H2,1-3H3. The summed E-state index contributed by atoms with van der Waals surface area (Å²) in [4.78, 5) is 0. The van der Waals surface area contributed by atoms with Gasteiger partial charge in [0.15, 0.2) is 11.5 Å². The van der Waals surface area contributed by atoms with Crippen molar-refractivity contribution >= 4 is 0 Å². The Balaban J connectivity index is 1.91. The number of ether oxygens (including phenoxy) is 3. The van der Waals surface area contributed by atoms with Gasteiger partial charge in [-0.2, -0.15) is 0 Å². The first-order chi connectivity index (χ1) is 10.6. The molecule has 0 radical (unpaired) electrons. The molecule has 0 aliphatic heterocycles. The summed E-state index contributed by atoms with van der Waals surface area (Å²) in [6.07, 6.45) is 0.726. The zero-order chi connectivity index (χ0) is 15.9. The van der Waals surface area contributed by atoms with E-state index in [0.29, 0.717) is 18.1 Å². The maximum atomic E-state index is 6.22. The van der Waals surface area contributed by atoms with Gasteiger partial charge in [0.2, 0.25) is 0 Å². The average Bonchev–Trinajstić information content (AvgIpc) is 2.55. The van der Waals surface area contributed by atoms with Crippen molar-refractivity contribution in [2.75, 3.05) is 20.8 Å². The van der Waals surface area contributed by atoms with Gasteiger partial charge in [-0.1, -0.05) is 23.8 Å². The van der Waals surface area contributed by atoms with Crippen LogP contribution in [-0.4, -0.2) is 20.8 Å². The maximum Gasteiger partial charge on any atom is 0.161 e. The van der Waals surface area contributed by atoms with Crippen molar-refractivity contribution in [3.8, 4) is 17.2 Å². The molecule has 2 aromatic rings. The third kappa shape index (κ3) is 4.15. The summed E-state index contributed by atoms with van der Waals surface area (Å²) in [7, 11) is 3.24. The van der Waals surface area contributed by atoms with E-state index in [2.05, 4.69) is 6.92 Å². The van der Waals surface area contributed by atoms with Crippen LogP contribution in [0, 0.1) is 6.92 Å². The smallest absolute Gasteiger partial charge is 0.161 e. The van der Waals surface area contributed by atoms with Crippen LogP contribution in [0.15, 0.2) is 42.5 Å². The number of nitrogens with two attached hydrogens (primary N) is 1. The van der Waals surface area contributed by atoms with Crippen LogP contribution in [0.4, 0.5) is 0 Å². The highest BCUT2D eigenvalue weighted by Crippen LogP contribution is 2.30. The number of methoxy groups -OCH3 is 2. The summed E-state index contributed by atoms with van der Waals surface area (Å²) in [6.45, 7) is 2.62. The molecule has 1 atom stereocenters. The van der Waals surface area contributed by atoms with Crippen molar-refractivity contribution in [3.05, 3.63) is 53.6 Å². The lowest BCUT2D eigenvalue weighted by molar-refractivity contribution is 0.298. The van der Waals surface area contributed by atoms with Crippen LogP contribution in [0.2, 0.25) is 0 Å². The van der Waals surface area contributed by atoms with Gasteiger partial charge >= 0.3 is 0 Å². The molecule has 4 nitrogen and oxygen atoms in total. The molecule has 2 aromatic carbocycles. The molecule has 4 heteroatoms. The molecule has 0 heterocycles. The molecule has 118 valence electrons. The summed E-state index contributed by atoms with van der Waals surface area (Å²) in [6, 6.07) is 13.6. The van der Waals surface area contributed by atoms with Crippen molar-refractivity contribution in [2.45, 2.75) is 19.4 Å². The third-order valence-corrected chi connectivity index (χ3v) is 3.55. The fourth-order valence-electron chi connectivity index (χ4n) is 2.19. The molecule has 0 aromatic heterocycles. The summed E-state index contributed by atoms with van der Waals surface area (Å²) in [5.74, 6) is 2.26. The molecular formula is C18H23NO3. The first kappa shape index (κ1) is 16.2. The molecule has 0 aliphatic carbocycles. The quantitative estimate of drug-likeness (QED) is 0.850. The summed E-state index contributed by atoms with van der Waals surface area (Å²) < 4.78 is 16.2. The highest BCUT2D eigenvalue weighted by molar-refractivity contribution is 5.43. The van der Waals surface area contributed by atoms with Crippen molar-refractivity contribution in [1.29, 1.82) is 0 Å². The van der Waals surface area contributed by atoms with Gasteiger partial charge in [-0.25, -0.2) is 0 Å². The fourth-order valence-corrected chi connectivity index (χ4v) is 2.19. The number of hydrogen-bond acceptors (Lipinski definition) is 4. The Morgan fingerprint density at radius 2 is 1.64 bits per heavy atom. The fraction of sp³-hybridized carbons (Fsp3) is 0.333. The van der Waals surface area contributed by atoms with Gasteiger partial charge in [0.1, 0.15) is 5.75 Å². The van der Waals surface area contributed by atoms with Crippen LogP contribution in [-0.2, 0) is 0 Å². The molecule has 0 spiro atoms. The summed E-state index contributed by atoms with van der Waals surface area (Å²) in [5, 5.41) is 0.